The highest BCUT2D eigenvalue weighted by atomic mass is 35.5. The number of fused-ring (bicyclic) bond motifs is 1. The lowest BCUT2D eigenvalue weighted by atomic mass is 10.0. The Morgan fingerprint density at radius 3 is 2.68 bits per heavy atom. The largest absolute Gasteiger partial charge is 0.506 e. The number of benzene rings is 2. The Kier molecular flexibility index (Phi) is 2.89. The number of hydrogen-bond donors (Lipinski definition) is 2. The van der Waals surface area contributed by atoms with Crippen LogP contribution in [0.5, 0.6) is 5.75 Å². The quantitative estimate of drug-likeness (QED) is 0.752. The predicted molar refractivity (Wildman–Crippen MR) is 74.0 cm³/mol. The van der Waals surface area contributed by atoms with E-state index in [1.54, 1.807) is 6.07 Å². The highest BCUT2D eigenvalue weighted by molar-refractivity contribution is 6.33. The summed E-state index contributed by atoms with van der Waals surface area (Å²) in [5, 5.41) is 14.9. The van der Waals surface area contributed by atoms with E-state index in [-0.39, 0.29) is 17.3 Å². The highest BCUT2D eigenvalue weighted by Gasteiger charge is 2.18. The van der Waals surface area contributed by atoms with E-state index in [0.717, 1.165) is 10.9 Å². The maximum absolute atomic E-state index is 9.88. The van der Waals surface area contributed by atoms with Crippen LogP contribution in [-0.4, -0.2) is 10.3 Å². The molecule has 0 radical (unpaired) electrons. The molecule has 0 saturated heterocycles. The van der Waals surface area contributed by atoms with Crippen molar-refractivity contribution in [3.63, 3.8) is 0 Å². The van der Waals surface area contributed by atoms with E-state index < -0.39 is 0 Å². The molecule has 0 unspecified atom stereocenters. The number of nitrogens with zero attached hydrogens (tertiary/aromatic N) is 1. The van der Waals surface area contributed by atoms with Crippen LogP contribution >= 0.6 is 11.6 Å². The molecule has 3 aromatic rings. The van der Waals surface area contributed by atoms with Crippen molar-refractivity contribution < 1.29 is 9.63 Å². The summed E-state index contributed by atoms with van der Waals surface area (Å²) in [5.41, 5.74) is 8.18. The van der Waals surface area contributed by atoms with E-state index in [0.29, 0.717) is 16.8 Å². The maximum atomic E-state index is 9.88. The predicted octanol–water partition coefficient (Wildman–Crippen LogP) is 3.31. The Morgan fingerprint density at radius 2 is 2.00 bits per heavy atom. The van der Waals surface area contributed by atoms with Gasteiger partial charge in [-0.3, -0.25) is 0 Å². The van der Waals surface area contributed by atoms with Gasteiger partial charge in [0.25, 0.3) is 0 Å². The average molecular weight is 275 g/mol. The van der Waals surface area contributed by atoms with E-state index in [9.17, 15) is 5.11 Å². The summed E-state index contributed by atoms with van der Waals surface area (Å²) >= 11 is 6.01. The van der Waals surface area contributed by atoms with Crippen molar-refractivity contribution in [3.8, 4) is 17.0 Å². The molecule has 0 saturated carbocycles. The summed E-state index contributed by atoms with van der Waals surface area (Å²) in [5.74, 6) is -0.0487. The minimum Gasteiger partial charge on any atom is -0.506 e. The third-order valence-electron chi connectivity index (χ3n) is 3.04. The van der Waals surface area contributed by atoms with Gasteiger partial charge in [-0.15, -0.1) is 0 Å². The second kappa shape index (κ2) is 4.57. The van der Waals surface area contributed by atoms with Crippen LogP contribution in [0.2, 0.25) is 5.02 Å². The Labute approximate surface area is 114 Å². The van der Waals surface area contributed by atoms with Crippen LogP contribution in [0, 0.1) is 0 Å². The van der Waals surface area contributed by atoms with Crippen molar-refractivity contribution in [2.75, 3.05) is 0 Å². The van der Waals surface area contributed by atoms with Crippen LogP contribution in [0.4, 0.5) is 0 Å². The fourth-order valence-corrected chi connectivity index (χ4v) is 2.31. The Balaban J connectivity index is 2.33. The molecule has 3 N–H and O–H groups in total. The molecule has 0 aliphatic heterocycles. The summed E-state index contributed by atoms with van der Waals surface area (Å²) in [4.78, 5) is 0. The number of aromatic hydroxyl groups is 1. The topological polar surface area (TPSA) is 72.3 Å². The fraction of sp³-hybridized carbons (Fsp3) is 0.0714. The van der Waals surface area contributed by atoms with E-state index in [1.165, 1.54) is 0 Å². The summed E-state index contributed by atoms with van der Waals surface area (Å²) in [6.07, 6.45) is 0. The van der Waals surface area contributed by atoms with Crippen LogP contribution in [0.3, 0.4) is 0 Å². The zero-order valence-electron chi connectivity index (χ0n) is 9.93. The summed E-state index contributed by atoms with van der Waals surface area (Å²) in [6.45, 7) is 0.131. The van der Waals surface area contributed by atoms with Gasteiger partial charge >= 0.3 is 0 Å². The molecular weight excluding hydrogens is 264 g/mol. The standard InChI is InChI=1S/C14H11ClN2O2/c15-11-6-9-12(8-4-2-1-3-5-8)17-19-14(9)10(7-16)13(11)18/h1-6,18H,7,16H2. The van der Waals surface area contributed by atoms with Gasteiger partial charge in [0.2, 0.25) is 0 Å². The van der Waals surface area contributed by atoms with E-state index in [2.05, 4.69) is 5.16 Å². The van der Waals surface area contributed by atoms with Gasteiger partial charge in [-0.1, -0.05) is 47.1 Å². The molecule has 96 valence electrons. The molecule has 0 atom stereocenters. The average Bonchev–Trinajstić information content (AvgIpc) is 2.84. The van der Waals surface area contributed by atoms with Crippen LogP contribution in [0.25, 0.3) is 22.2 Å². The third-order valence-corrected chi connectivity index (χ3v) is 3.32. The molecule has 0 spiro atoms. The molecule has 19 heavy (non-hydrogen) atoms. The number of phenolic OH excluding ortho intramolecular Hbond substituents is 1. The Hall–Kier alpha value is -2.04. The minimum atomic E-state index is -0.0487. The molecule has 5 heteroatoms. The molecule has 0 aliphatic rings. The normalized spacial score (nSPS) is 11.1. The van der Waals surface area contributed by atoms with Gasteiger partial charge in [-0.05, 0) is 6.07 Å². The first-order valence-corrected chi connectivity index (χ1v) is 6.15. The highest BCUT2D eigenvalue weighted by Crippen LogP contribution is 2.38. The Morgan fingerprint density at radius 1 is 1.26 bits per heavy atom. The van der Waals surface area contributed by atoms with Crippen LogP contribution in [0.1, 0.15) is 5.56 Å². The third kappa shape index (κ3) is 1.85. The van der Waals surface area contributed by atoms with Crippen molar-refractivity contribution in [1.82, 2.24) is 5.16 Å². The molecule has 3 rings (SSSR count). The van der Waals surface area contributed by atoms with Crippen molar-refractivity contribution in [2.24, 2.45) is 5.73 Å². The van der Waals surface area contributed by atoms with Crippen LogP contribution in [0.15, 0.2) is 40.9 Å². The molecule has 0 fully saturated rings. The second-order valence-corrected chi connectivity index (χ2v) is 4.57. The van der Waals surface area contributed by atoms with Gasteiger partial charge in [0.15, 0.2) is 5.58 Å². The van der Waals surface area contributed by atoms with Gasteiger partial charge in [-0.25, -0.2) is 0 Å². The molecule has 0 amide bonds. The maximum Gasteiger partial charge on any atom is 0.175 e. The monoisotopic (exact) mass is 274 g/mol. The van der Waals surface area contributed by atoms with Gasteiger partial charge in [0.05, 0.1) is 16.0 Å². The summed E-state index contributed by atoms with van der Waals surface area (Å²) in [7, 11) is 0. The van der Waals surface area contributed by atoms with Crippen molar-refractivity contribution in [2.45, 2.75) is 6.54 Å². The molecular formula is C14H11ClN2O2. The lowest BCUT2D eigenvalue weighted by Gasteiger charge is -2.04. The van der Waals surface area contributed by atoms with E-state index in [1.807, 2.05) is 30.3 Å². The molecule has 1 heterocycles. The second-order valence-electron chi connectivity index (χ2n) is 4.16. The first-order chi connectivity index (χ1) is 9.22. The minimum absolute atomic E-state index is 0.0487. The SMILES string of the molecule is NCc1c(O)c(Cl)cc2c(-c3ccccc3)noc12. The molecule has 0 aliphatic carbocycles. The Bertz CT molecular complexity index is 738. The summed E-state index contributed by atoms with van der Waals surface area (Å²) < 4.78 is 5.31. The number of nitrogens with two attached hydrogens (primary N) is 1. The van der Waals surface area contributed by atoms with Crippen molar-refractivity contribution in [3.05, 3.63) is 47.0 Å². The molecule has 1 aromatic heterocycles. The fourth-order valence-electron chi connectivity index (χ4n) is 2.09. The summed E-state index contributed by atoms with van der Waals surface area (Å²) in [6, 6.07) is 11.3. The first kappa shape index (κ1) is 12.0. The van der Waals surface area contributed by atoms with Crippen LogP contribution in [-0.2, 0) is 6.54 Å². The van der Waals surface area contributed by atoms with Gasteiger partial charge in [-0.2, -0.15) is 0 Å². The number of rotatable bonds is 2. The van der Waals surface area contributed by atoms with Crippen LogP contribution < -0.4 is 5.73 Å². The van der Waals surface area contributed by atoms with E-state index in [4.69, 9.17) is 21.9 Å². The number of phenols is 1. The smallest absolute Gasteiger partial charge is 0.175 e. The van der Waals surface area contributed by atoms with Crippen molar-refractivity contribution in [1.29, 1.82) is 0 Å². The zero-order valence-corrected chi connectivity index (χ0v) is 10.7. The van der Waals surface area contributed by atoms with Crippen molar-refractivity contribution >= 4 is 22.6 Å². The van der Waals surface area contributed by atoms with Gasteiger partial charge in [0.1, 0.15) is 11.4 Å². The molecule has 4 nitrogen and oxygen atoms in total. The molecule has 0 bridgehead atoms. The number of aromatic nitrogens is 1. The lowest BCUT2D eigenvalue weighted by molar-refractivity contribution is 0.444. The lowest BCUT2D eigenvalue weighted by Crippen LogP contribution is -1.97. The first-order valence-electron chi connectivity index (χ1n) is 5.77. The zero-order chi connectivity index (χ0) is 13.4. The van der Waals surface area contributed by atoms with Gasteiger partial charge < -0.3 is 15.4 Å². The number of halogens is 1. The number of hydrogen-bond acceptors (Lipinski definition) is 4. The van der Waals surface area contributed by atoms with E-state index >= 15 is 0 Å². The van der Waals surface area contributed by atoms with Gasteiger partial charge in [0, 0.05) is 12.1 Å². The molecule has 2 aromatic carbocycles.